The van der Waals surface area contributed by atoms with Crippen LogP contribution in [0.3, 0.4) is 0 Å². The van der Waals surface area contributed by atoms with E-state index in [9.17, 15) is 4.79 Å². The van der Waals surface area contributed by atoms with Crippen LogP contribution >= 0.6 is 0 Å². The summed E-state index contributed by atoms with van der Waals surface area (Å²) in [6.07, 6.45) is 0.512. The first-order valence-corrected chi connectivity index (χ1v) is 5.61. The highest BCUT2D eigenvalue weighted by Crippen LogP contribution is 2.18. The van der Waals surface area contributed by atoms with E-state index in [0.717, 1.165) is 13.1 Å². The van der Waals surface area contributed by atoms with E-state index in [2.05, 4.69) is 0 Å². The fourth-order valence-corrected chi connectivity index (χ4v) is 1.76. The van der Waals surface area contributed by atoms with Gasteiger partial charge in [-0.1, -0.05) is 0 Å². The van der Waals surface area contributed by atoms with E-state index >= 15 is 0 Å². The molecule has 5 heteroatoms. The number of hydrogen-bond acceptors (Lipinski definition) is 4. The fraction of sp³-hybridized carbons (Fsp3) is 0.909. The molecule has 0 saturated carbocycles. The number of likely N-dealkylation sites (tertiary alicyclic amines) is 1. The summed E-state index contributed by atoms with van der Waals surface area (Å²) in [6.45, 7) is 8.50. The Morgan fingerprint density at radius 3 is 2.62 bits per heavy atom. The molecule has 5 nitrogen and oxygen atoms in total. The van der Waals surface area contributed by atoms with E-state index in [1.54, 1.807) is 0 Å². The van der Waals surface area contributed by atoms with E-state index in [-0.39, 0.29) is 5.60 Å². The summed E-state index contributed by atoms with van der Waals surface area (Å²) in [5.74, 6) is -0.910. The molecular weight excluding hydrogens is 208 g/mol. The van der Waals surface area contributed by atoms with Crippen molar-refractivity contribution in [1.82, 2.24) is 4.90 Å². The van der Waals surface area contributed by atoms with Crippen LogP contribution < -0.4 is 5.73 Å². The Bertz CT molecular complexity index is 262. The Labute approximate surface area is 96.6 Å². The zero-order valence-electron chi connectivity index (χ0n) is 10.3. The van der Waals surface area contributed by atoms with Gasteiger partial charge in [-0.2, -0.15) is 0 Å². The van der Waals surface area contributed by atoms with Gasteiger partial charge in [0.15, 0.2) is 0 Å². The van der Waals surface area contributed by atoms with Gasteiger partial charge in [0.1, 0.15) is 5.54 Å². The van der Waals surface area contributed by atoms with Crippen LogP contribution in [0.4, 0.5) is 0 Å². The van der Waals surface area contributed by atoms with Crippen molar-refractivity contribution < 1.29 is 14.6 Å². The van der Waals surface area contributed by atoms with Gasteiger partial charge >= 0.3 is 5.97 Å². The molecule has 1 atom stereocenters. The van der Waals surface area contributed by atoms with Gasteiger partial charge < -0.3 is 15.6 Å². The number of carboxylic acid groups (broad SMARTS) is 1. The molecule has 1 rings (SSSR count). The number of carboxylic acids is 1. The van der Waals surface area contributed by atoms with Crippen LogP contribution in [0.15, 0.2) is 0 Å². The van der Waals surface area contributed by atoms with Gasteiger partial charge in [0.2, 0.25) is 0 Å². The molecule has 0 amide bonds. The van der Waals surface area contributed by atoms with Crippen LogP contribution in [0.1, 0.15) is 27.2 Å². The smallest absolute Gasteiger partial charge is 0.325 e. The number of aliphatic carboxylic acids is 1. The molecule has 16 heavy (non-hydrogen) atoms. The third-order valence-corrected chi connectivity index (χ3v) is 2.75. The minimum Gasteiger partial charge on any atom is -0.480 e. The molecule has 1 heterocycles. The van der Waals surface area contributed by atoms with Crippen LogP contribution in [0.5, 0.6) is 0 Å². The molecule has 94 valence electrons. The molecule has 0 radical (unpaired) electrons. The van der Waals surface area contributed by atoms with Crippen molar-refractivity contribution in [2.75, 3.05) is 26.2 Å². The van der Waals surface area contributed by atoms with Gasteiger partial charge in [-0.25, -0.2) is 0 Å². The topological polar surface area (TPSA) is 75.8 Å². The normalized spacial score (nSPS) is 27.2. The predicted molar refractivity (Wildman–Crippen MR) is 61.3 cm³/mol. The molecule has 1 saturated heterocycles. The lowest BCUT2D eigenvalue weighted by atomic mass is 10.0. The maximum absolute atomic E-state index is 10.9. The first-order chi connectivity index (χ1) is 7.23. The van der Waals surface area contributed by atoms with Crippen molar-refractivity contribution in [2.45, 2.75) is 38.3 Å². The minimum atomic E-state index is -1.07. The average molecular weight is 230 g/mol. The Kier molecular flexibility index (Phi) is 3.93. The summed E-state index contributed by atoms with van der Waals surface area (Å²) in [6, 6.07) is 0. The fourth-order valence-electron chi connectivity index (χ4n) is 1.76. The zero-order chi connectivity index (χ0) is 12.4. The summed E-state index contributed by atoms with van der Waals surface area (Å²) in [5, 5.41) is 8.96. The van der Waals surface area contributed by atoms with Crippen LogP contribution in [-0.2, 0) is 9.53 Å². The largest absolute Gasteiger partial charge is 0.480 e. The monoisotopic (exact) mass is 230 g/mol. The van der Waals surface area contributed by atoms with E-state index < -0.39 is 11.5 Å². The highest BCUT2D eigenvalue weighted by Gasteiger charge is 2.40. The Morgan fingerprint density at radius 2 is 2.19 bits per heavy atom. The first kappa shape index (κ1) is 13.4. The first-order valence-electron chi connectivity index (χ1n) is 5.61. The summed E-state index contributed by atoms with van der Waals surface area (Å²) in [4.78, 5) is 13.0. The molecule has 0 aliphatic carbocycles. The quantitative estimate of drug-likeness (QED) is 0.726. The molecule has 1 unspecified atom stereocenters. The van der Waals surface area contributed by atoms with E-state index in [1.807, 2.05) is 25.7 Å². The lowest BCUT2D eigenvalue weighted by molar-refractivity contribution is -0.142. The van der Waals surface area contributed by atoms with Crippen LogP contribution in [-0.4, -0.2) is 53.4 Å². The zero-order valence-corrected chi connectivity index (χ0v) is 10.3. The molecule has 0 aromatic heterocycles. The van der Waals surface area contributed by atoms with E-state index in [0.29, 0.717) is 19.6 Å². The van der Waals surface area contributed by atoms with Crippen LogP contribution in [0, 0.1) is 0 Å². The molecule has 1 aliphatic rings. The van der Waals surface area contributed by atoms with Gasteiger partial charge in [-0.05, 0) is 27.2 Å². The summed E-state index contributed by atoms with van der Waals surface area (Å²) >= 11 is 0. The van der Waals surface area contributed by atoms with Crippen molar-refractivity contribution in [3.63, 3.8) is 0 Å². The second-order valence-electron chi connectivity index (χ2n) is 5.45. The van der Waals surface area contributed by atoms with E-state index in [1.165, 1.54) is 0 Å². The maximum atomic E-state index is 10.9. The number of hydrogen-bond donors (Lipinski definition) is 2. The van der Waals surface area contributed by atoms with Crippen molar-refractivity contribution in [1.29, 1.82) is 0 Å². The number of ether oxygens (including phenoxy) is 1. The molecule has 1 fully saturated rings. The maximum Gasteiger partial charge on any atom is 0.325 e. The van der Waals surface area contributed by atoms with Gasteiger partial charge in [-0.3, -0.25) is 9.69 Å². The number of nitrogens with two attached hydrogens (primary N) is 1. The number of nitrogens with zero attached hydrogens (tertiary/aromatic N) is 1. The molecule has 0 spiro atoms. The Hall–Kier alpha value is -0.650. The highest BCUT2D eigenvalue weighted by molar-refractivity contribution is 5.79. The molecular formula is C11H22N2O3. The summed E-state index contributed by atoms with van der Waals surface area (Å²) in [5.41, 5.74) is 4.55. The van der Waals surface area contributed by atoms with Gasteiger partial charge in [0.25, 0.3) is 0 Å². The third-order valence-electron chi connectivity index (χ3n) is 2.75. The molecule has 3 N–H and O–H groups in total. The lowest BCUT2D eigenvalue weighted by Crippen LogP contribution is -2.50. The van der Waals surface area contributed by atoms with Gasteiger partial charge in [0.05, 0.1) is 12.2 Å². The SMILES string of the molecule is CC(C)(C)OCCN1CCC(N)(C(=O)O)C1. The van der Waals surface area contributed by atoms with Crippen molar-refractivity contribution in [3.05, 3.63) is 0 Å². The predicted octanol–water partition coefficient (Wildman–Crippen LogP) is 0.289. The standard InChI is InChI=1S/C11H22N2O3/c1-10(2,3)16-7-6-13-5-4-11(12,8-13)9(14)15/h4-8,12H2,1-3H3,(H,14,15). The lowest BCUT2D eigenvalue weighted by Gasteiger charge is -2.23. The minimum absolute atomic E-state index is 0.147. The van der Waals surface area contributed by atoms with E-state index in [4.69, 9.17) is 15.6 Å². The van der Waals surface area contributed by atoms with Crippen molar-refractivity contribution >= 4 is 5.97 Å². The molecule has 0 aromatic rings. The second kappa shape index (κ2) is 4.69. The molecule has 0 bridgehead atoms. The van der Waals surface area contributed by atoms with Crippen LogP contribution in [0.25, 0.3) is 0 Å². The van der Waals surface area contributed by atoms with Crippen molar-refractivity contribution in [2.24, 2.45) is 5.73 Å². The van der Waals surface area contributed by atoms with Crippen molar-refractivity contribution in [3.8, 4) is 0 Å². The number of carbonyl (C=O) groups is 1. The Morgan fingerprint density at radius 1 is 1.56 bits per heavy atom. The van der Waals surface area contributed by atoms with Gasteiger partial charge in [0, 0.05) is 19.6 Å². The summed E-state index contributed by atoms with van der Waals surface area (Å²) in [7, 11) is 0. The Balaban J connectivity index is 2.30. The molecule has 0 aromatic carbocycles. The highest BCUT2D eigenvalue weighted by atomic mass is 16.5. The second-order valence-corrected chi connectivity index (χ2v) is 5.45. The third kappa shape index (κ3) is 3.73. The average Bonchev–Trinajstić information content (AvgIpc) is 2.47. The molecule has 1 aliphatic heterocycles. The van der Waals surface area contributed by atoms with Crippen LogP contribution in [0.2, 0.25) is 0 Å². The van der Waals surface area contributed by atoms with Gasteiger partial charge in [-0.15, -0.1) is 0 Å². The number of rotatable bonds is 4. The summed E-state index contributed by atoms with van der Waals surface area (Å²) < 4.78 is 5.59.